The minimum absolute atomic E-state index is 0.209. The number of carbonyl (C=O) groups excluding carboxylic acids is 1. The maximum absolute atomic E-state index is 12.4. The zero-order valence-electron chi connectivity index (χ0n) is 14.6. The van der Waals surface area contributed by atoms with Crippen molar-refractivity contribution >= 4 is 16.9 Å². The first-order valence-corrected chi connectivity index (χ1v) is 8.63. The van der Waals surface area contributed by atoms with Gasteiger partial charge >= 0.3 is 5.97 Å². The third-order valence-electron chi connectivity index (χ3n) is 4.26. The maximum atomic E-state index is 12.4. The molecule has 5 heteroatoms. The van der Waals surface area contributed by atoms with Crippen LogP contribution in [-0.2, 0) is 18.0 Å². The van der Waals surface area contributed by atoms with Gasteiger partial charge in [-0.1, -0.05) is 24.3 Å². The molecule has 0 unspecified atom stereocenters. The van der Waals surface area contributed by atoms with E-state index in [1.54, 1.807) is 18.5 Å². The van der Waals surface area contributed by atoms with E-state index in [2.05, 4.69) is 9.97 Å². The lowest BCUT2D eigenvalue weighted by atomic mass is 10.1. The van der Waals surface area contributed by atoms with E-state index in [1.165, 1.54) is 0 Å². The highest BCUT2D eigenvalue weighted by molar-refractivity contribution is 6.02. The van der Waals surface area contributed by atoms with Crippen LogP contribution in [-0.4, -0.2) is 15.9 Å². The second kappa shape index (κ2) is 7.74. The number of nitrogens with zero attached hydrogens (tertiary/aromatic N) is 1. The first kappa shape index (κ1) is 16.8. The molecule has 134 valence electrons. The first-order chi connectivity index (χ1) is 13.3. The Morgan fingerprint density at radius 3 is 2.48 bits per heavy atom. The molecule has 0 aliphatic heterocycles. The molecule has 0 bridgehead atoms. The molecule has 0 saturated heterocycles. The number of esters is 1. The summed E-state index contributed by atoms with van der Waals surface area (Å²) in [7, 11) is 0. The van der Waals surface area contributed by atoms with Crippen LogP contribution in [0, 0.1) is 0 Å². The molecule has 0 aliphatic rings. The number of rotatable bonds is 6. The molecule has 0 radical (unpaired) electrons. The Hall–Kier alpha value is -3.60. The van der Waals surface area contributed by atoms with Gasteiger partial charge in [0.15, 0.2) is 0 Å². The molecule has 4 rings (SSSR count). The summed E-state index contributed by atoms with van der Waals surface area (Å²) >= 11 is 0. The van der Waals surface area contributed by atoms with Gasteiger partial charge in [0.05, 0.1) is 11.1 Å². The van der Waals surface area contributed by atoms with Crippen LogP contribution in [0.3, 0.4) is 0 Å². The van der Waals surface area contributed by atoms with Crippen LogP contribution in [0.15, 0.2) is 79.3 Å². The molecule has 2 aromatic heterocycles. The van der Waals surface area contributed by atoms with Gasteiger partial charge in [0.1, 0.15) is 19.0 Å². The van der Waals surface area contributed by atoms with E-state index < -0.39 is 0 Å². The van der Waals surface area contributed by atoms with Crippen LogP contribution < -0.4 is 4.74 Å². The van der Waals surface area contributed by atoms with Crippen LogP contribution in [0.2, 0.25) is 0 Å². The lowest BCUT2D eigenvalue weighted by molar-refractivity contribution is 0.0475. The molecule has 0 spiro atoms. The van der Waals surface area contributed by atoms with E-state index in [-0.39, 0.29) is 12.6 Å². The largest absolute Gasteiger partial charge is 0.489 e. The maximum Gasteiger partial charge on any atom is 0.340 e. The SMILES string of the molecule is O=C(OCc1ccc(OCc2ccncc2)cc1)c1cccc2cc[nH]c12. The normalized spacial score (nSPS) is 10.7. The van der Waals surface area contributed by atoms with Gasteiger partial charge in [0.25, 0.3) is 0 Å². The second-order valence-corrected chi connectivity index (χ2v) is 6.11. The second-order valence-electron chi connectivity index (χ2n) is 6.11. The third kappa shape index (κ3) is 3.98. The number of nitrogens with one attached hydrogen (secondary N) is 1. The number of fused-ring (bicyclic) bond motifs is 1. The zero-order valence-corrected chi connectivity index (χ0v) is 14.6. The van der Waals surface area contributed by atoms with Crippen LogP contribution >= 0.6 is 0 Å². The van der Waals surface area contributed by atoms with Crippen molar-refractivity contribution in [2.45, 2.75) is 13.2 Å². The lowest BCUT2D eigenvalue weighted by Gasteiger charge is -2.08. The van der Waals surface area contributed by atoms with Crippen LogP contribution in [0.5, 0.6) is 5.75 Å². The molecule has 0 saturated carbocycles. The van der Waals surface area contributed by atoms with Gasteiger partial charge in [0.2, 0.25) is 0 Å². The first-order valence-electron chi connectivity index (χ1n) is 8.63. The highest BCUT2D eigenvalue weighted by atomic mass is 16.5. The van der Waals surface area contributed by atoms with Crippen molar-refractivity contribution < 1.29 is 14.3 Å². The van der Waals surface area contributed by atoms with Crippen molar-refractivity contribution in [3.05, 3.63) is 95.9 Å². The fourth-order valence-corrected chi connectivity index (χ4v) is 2.81. The minimum atomic E-state index is -0.346. The predicted molar refractivity (Wildman–Crippen MR) is 102 cm³/mol. The van der Waals surface area contributed by atoms with E-state index in [1.807, 2.05) is 60.8 Å². The Bertz CT molecular complexity index is 1040. The highest BCUT2D eigenvalue weighted by Gasteiger charge is 2.12. The average molecular weight is 358 g/mol. The Morgan fingerprint density at radius 2 is 1.67 bits per heavy atom. The van der Waals surface area contributed by atoms with Gasteiger partial charge < -0.3 is 14.5 Å². The standard InChI is InChI=1S/C22H18N2O3/c25-22(20-3-1-2-18-10-13-24-21(18)20)27-15-16-4-6-19(7-5-16)26-14-17-8-11-23-12-9-17/h1-13,24H,14-15H2. The van der Waals surface area contributed by atoms with E-state index in [4.69, 9.17) is 9.47 Å². The van der Waals surface area contributed by atoms with E-state index in [0.717, 1.165) is 27.8 Å². The summed E-state index contributed by atoms with van der Waals surface area (Å²) in [5.41, 5.74) is 3.29. The number of ether oxygens (including phenoxy) is 2. The van der Waals surface area contributed by atoms with E-state index in [0.29, 0.717) is 12.2 Å². The number of aromatic amines is 1. The molecule has 4 aromatic rings. The summed E-state index contributed by atoms with van der Waals surface area (Å²) in [5, 5.41) is 0.986. The number of carbonyl (C=O) groups is 1. The summed E-state index contributed by atoms with van der Waals surface area (Å²) in [6, 6.07) is 18.8. The Balaban J connectivity index is 1.34. The summed E-state index contributed by atoms with van der Waals surface area (Å²) in [5.74, 6) is 0.416. The van der Waals surface area contributed by atoms with Crippen LogP contribution in [0.25, 0.3) is 10.9 Å². The fraction of sp³-hybridized carbons (Fsp3) is 0.0909. The molecule has 1 N–H and O–H groups in total. The number of hydrogen-bond donors (Lipinski definition) is 1. The molecule has 0 aliphatic carbocycles. The van der Waals surface area contributed by atoms with Crippen molar-refractivity contribution in [3.63, 3.8) is 0 Å². The molecular formula is C22H18N2O3. The van der Waals surface area contributed by atoms with Gasteiger partial charge in [-0.2, -0.15) is 0 Å². The highest BCUT2D eigenvalue weighted by Crippen LogP contribution is 2.19. The minimum Gasteiger partial charge on any atom is -0.489 e. The number of aromatic nitrogens is 2. The number of pyridine rings is 1. The van der Waals surface area contributed by atoms with Crippen LogP contribution in [0.1, 0.15) is 21.5 Å². The fourth-order valence-electron chi connectivity index (χ4n) is 2.81. The molecule has 2 heterocycles. The van der Waals surface area contributed by atoms with Gasteiger partial charge in [0, 0.05) is 24.0 Å². The van der Waals surface area contributed by atoms with E-state index >= 15 is 0 Å². The van der Waals surface area contributed by atoms with Gasteiger partial charge in [-0.05, 0) is 47.5 Å². The topological polar surface area (TPSA) is 64.2 Å². The molecule has 2 aromatic carbocycles. The lowest BCUT2D eigenvalue weighted by Crippen LogP contribution is -2.06. The van der Waals surface area contributed by atoms with Gasteiger partial charge in [-0.3, -0.25) is 4.98 Å². The van der Waals surface area contributed by atoms with Crippen LogP contribution in [0.4, 0.5) is 0 Å². The van der Waals surface area contributed by atoms with Gasteiger partial charge in [-0.25, -0.2) is 4.79 Å². The molecular weight excluding hydrogens is 340 g/mol. The monoisotopic (exact) mass is 358 g/mol. The predicted octanol–water partition coefficient (Wildman–Crippen LogP) is 4.50. The smallest absolute Gasteiger partial charge is 0.340 e. The van der Waals surface area contributed by atoms with Crippen molar-refractivity contribution in [1.82, 2.24) is 9.97 Å². The molecule has 0 atom stereocenters. The Kier molecular flexibility index (Phi) is 4.83. The zero-order chi connectivity index (χ0) is 18.5. The summed E-state index contributed by atoms with van der Waals surface area (Å²) in [6.07, 6.45) is 5.29. The van der Waals surface area contributed by atoms with E-state index in [9.17, 15) is 4.79 Å². The molecule has 0 amide bonds. The number of hydrogen-bond acceptors (Lipinski definition) is 4. The molecule has 0 fully saturated rings. The Labute approximate surface area is 156 Å². The van der Waals surface area contributed by atoms with Crippen molar-refractivity contribution in [1.29, 1.82) is 0 Å². The average Bonchev–Trinajstić information content (AvgIpc) is 3.21. The third-order valence-corrected chi connectivity index (χ3v) is 4.26. The summed E-state index contributed by atoms with van der Waals surface area (Å²) in [4.78, 5) is 19.4. The number of para-hydroxylation sites is 1. The quantitative estimate of drug-likeness (QED) is 0.516. The number of H-pyrrole nitrogens is 1. The van der Waals surface area contributed by atoms with Gasteiger partial charge in [-0.15, -0.1) is 0 Å². The number of benzene rings is 2. The van der Waals surface area contributed by atoms with Crippen molar-refractivity contribution in [2.75, 3.05) is 0 Å². The molecule has 27 heavy (non-hydrogen) atoms. The molecule has 5 nitrogen and oxygen atoms in total. The summed E-state index contributed by atoms with van der Waals surface area (Å²) in [6.45, 7) is 0.692. The Morgan fingerprint density at radius 1 is 0.889 bits per heavy atom. The van der Waals surface area contributed by atoms with Crippen molar-refractivity contribution in [2.24, 2.45) is 0 Å². The van der Waals surface area contributed by atoms with Crippen molar-refractivity contribution in [3.8, 4) is 5.75 Å². The summed E-state index contributed by atoms with van der Waals surface area (Å²) < 4.78 is 11.2.